The second kappa shape index (κ2) is 3.88. The van der Waals surface area contributed by atoms with Crippen LogP contribution in [0.15, 0.2) is 12.1 Å². The van der Waals surface area contributed by atoms with E-state index in [0.29, 0.717) is 12.0 Å². The van der Waals surface area contributed by atoms with Crippen LogP contribution in [0, 0.1) is 19.7 Å². The first-order valence-corrected chi connectivity index (χ1v) is 4.44. The van der Waals surface area contributed by atoms with Gasteiger partial charge in [0, 0.05) is 6.42 Å². The molecule has 0 saturated carbocycles. The van der Waals surface area contributed by atoms with Crippen LogP contribution in [0.4, 0.5) is 4.39 Å². The Morgan fingerprint density at radius 3 is 2.38 bits per heavy atom. The second-order valence-electron chi connectivity index (χ2n) is 3.58. The molecule has 0 aromatic heterocycles. The van der Waals surface area contributed by atoms with Crippen molar-refractivity contribution in [2.24, 2.45) is 0 Å². The van der Waals surface area contributed by atoms with Crippen LogP contribution in [0.2, 0.25) is 0 Å². The molecule has 1 N–H and O–H groups in total. The van der Waals surface area contributed by atoms with Crippen molar-refractivity contribution >= 4 is 0 Å². The largest absolute Gasteiger partial charge is 0.393 e. The van der Waals surface area contributed by atoms with E-state index in [2.05, 4.69) is 0 Å². The Morgan fingerprint density at radius 2 is 1.85 bits per heavy atom. The van der Waals surface area contributed by atoms with Crippen LogP contribution in [0.1, 0.15) is 23.6 Å². The molecule has 0 aliphatic carbocycles. The number of benzene rings is 1. The SMILES string of the molecule is Cc1cc(F)c(CC(C)O)cc1C. The summed E-state index contributed by atoms with van der Waals surface area (Å²) in [4.78, 5) is 0. The fourth-order valence-electron chi connectivity index (χ4n) is 1.32. The summed E-state index contributed by atoms with van der Waals surface area (Å²) in [6.07, 6.45) is -0.107. The summed E-state index contributed by atoms with van der Waals surface area (Å²) in [6, 6.07) is 3.32. The first kappa shape index (κ1) is 10.2. The van der Waals surface area contributed by atoms with Crippen molar-refractivity contribution in [1.82, 2.24) is 0 Å². The van der Waals surface area contributed by atoms with Gasteiger partial charge >= 0.3 is 0 Å². The molecule has 1 atom stereocenters. The van der Waals surface area contributed by atoms with Crippen LogP contribution in [-0.4, -0.2) is 11.2 Å². The highest BCUT2D eigenvalue weighted by molar-refractivity contribution is 5.31. The molecule has 0 bridgehead atoms. The van der Waals surface area contributed by atoms with Crippen LogP contribution in [0.3, 0.4) is 0 Å². The zero-order valence-electron chi connectivity index (χ0n) is 8.26. The summed E-state index contributed by atoms with van der Waals surface area (Å²) in [5, 5.41) is 9.12. The van der Waals surface area contributed by atoms with Gasteiger partial charge in [0.2, 0.25) is 0 Å². The molecule has 1 aromatic rings. The van der Waals surface area contributed by atoms with Crippen molar-refractivity contribution in [2.75, 3.05) is 0 Å². The number of halogens is 1. The van der Waals surface area contributed by atoms with Crippen molar-refractivity contribution in [2.45, 2.75) is 33.3 Å². The van der Waals surface area contributed by atoms with E-state index in [4.69, 9.17) is 5.11 Å². The fourth-order valence-corrected chi connectivity index (χ4v) is 1.32. The van der Waals surface area contributed by atoms with Crippen molar-refractivity contribution in [3.63, 3.8) is 0 Å². The van der Waals surface area contributed by atoms with Crippen LogP contribution in [0.5, 0.6) is 0 Å². The average Bonchev–Trinajstić information content (AvgIpc) is 1.99. The van der Waals surface area contributed by atoms with Crippen LogP contribution >= 0.6 is 0 Å². The molecule has 72 valence electrons. The predicted octanol–water partition coefficient (Wildman–Crippen LogP) is 2.37. The molecule has 0 heterocycles. The molecule has 1 unspecified atom stereocenters. The minimum atomic E-state index is -0.489. The van der Waals surface area contributed by atoms with Gasteiger partial charge in [-0.05, 0) is 43.5 Å². The average molecular weight is 182 g/mol. The minimum Gasteiger partial charge on any atom is -0.393 e. The van der Waals surface area contributed by atoms with E-state index in [9.17, 15) is 4.39 Å². The van der Waals surface area contributed by atoms with Crippen LogP contribution in [-0.2, 0) is 6.42 Å². The lowest BCUT2D eigenvalue weighted by Crippen LogP contribution is -2.06. The van der Waals surface area contributed by atoms with Gasteiger partial charge in [0.05, 0.1) is 6.10 Å². The molecule has 0 aliphatic rings. The van der Waals surface area contributed by atoms with E-state index in [0.717, 1.165) is 11.1 Å². The van der Waals surface area contributed by atoms with E-state index in [1.807, 2.05) is 13.8 Å². The molecule has 0 saturated heterocycles. The highest BCUT2D eigenvalue weighted by Crippen LogP contribution is 2.16. The molecule has 0 fully saturated rings. The molecule has 2 heteroatoms. The number of hydrogen-bond donors (Lipinski definition) is 1. The Labute approximate surface area is 78.2 Å². The summed E-state index contributed by atoms with van der Waals surface area (Å²) in [7, 11) is 0. The van der Waals surface area contributed by atoms with Gasteiger partial charge in [0.15, 0.2) is 0 Å². The Kier molecular flexibility index (Phi) is 3.04. The molecule has 1 aromatic carbocycles. The Hall–Kier alpha value is -0.890. The lowest BCUT2D eigenvalue weighted by molar-refractivity contribution is 0.194. The summed E-state index contributed by atoms with van der Waals surface area (Å²) < 4.78 is 13.3. The zero-order valence-corrected chi connectivity index (χ0v) is 8.26. The number of aliphatic hydroxyl groups excluding tert-OH is 1. The van der Waals surface area contributed by atoms with Crippen LogP contribution in [0.25, 0.3) is 0 Å². The number of rotatable bonds is 2. The lowest BCUT2D eigenvalue weighted by atomic mass is 10.0. The van der Waals surface area contributed by atoms with Gasteiger partial charge in [-0.1, -0.05) is 6.07 Å². The van der Waals surface area contributed by atoms with Gasteiger partial charge in [-0.15, -0.1) is 0 Å². The molecule has 0 amide bonds. The molecule has 0 radical (unpaired) electrons. The summed E-state index contributed by atoms with van der Waals surface area (Å²) in [5.74, 6) is -0.219. The maximum absolute atomic E-state index is 13.3. The van der Waals surface area contributed by atoms with Gasteiger partial charge in [-0.25, -0.2) is 4.39 Å². The maximum Gasteiger partial charge on any atom is 0.126 e. The van der Waals surface area contributed by atoms with Crippen molar-refractivity contribution in [3.8, 4) is 0 Å². The maximum atomic E-state index is 13.3. The van der Waals surface area contributed by atoms with Gasteiger partial charge in [0.1, 0.15) is 5.82 Å². The first-order valence-electron chi connectivity index (χ1n) is 4.44. The predicted molar refractivity (Wildman–Crippen MR) is 51.3 cm³/mol. The smallest absolute Gasteiger partial charge is 0.126 e. The number of aliphatic hydroxyl groups is 1. The third kappa shape index (κ3) is 2.52. The van der Waals surface area contributed by atoms with E-state index < -0.39 is 6.10 Å². The number of aryl methyl sites for hydroxylation is 2. The molecule has 0 aliphatic heterocycles. The Bertz CT molecular complexity index is 305. The lowest BCUT2D eigenvalue weighted by Gasteiger charge is -2.08. The Morgan fingerprint density at radius 1 is 1.31 bits per heavy atom. The summed E-state index contributed by atoms with van der Waals surface area (Å²) in [5.41, 5.74) is 2.61. The third-order valence-electron chi connectivity index (χ3n) is 2.18. The summed E-state index contributed by atoms with van der Waals surface area (Å²) in [6.45, 7) is 5.49. The van der Waals surface area contributed by atoms with E-state index >= 15 is 0 Å². The molecule has 0 spiro atoms. The molecule has 1 rings (SSSR count). The van der Waals surface area contributed by atoms with E-state index in [1.165, 1.54) is 6.07 Å². The monoisotopic (exact) mass is 182 g/mol. The Balaban J connectivity index is 3.01. The normalized spacial score (nSPS) is 13.0. The topological polar surface area (TPSA) is 20.2 Å². The molecular formula is C11H15FO. The molecule has 1 nitrogen and oxygen atoms in total. The van der Waals surface area contributed by atoms with Crippen molar-refractivity contribution in [1.29, 1.82) is 0 Å². The number of hydrogen-bond acceptors (Lipinski definition) is 1. The van der Waals surface area contributed by atoms with Gasteiger partial charge in [-0.3, -0.25) is 0 Å². The minimum absolute atomic E-state index is 0.219. The summed E-state index contributed by atoms with van der Waals surface area (Å²) >= 11 is 0. The second-order valence-corrected chi connectivity index (χ2v) is 3.58. The quantitative estimate of drug-likeness (QED) is 0.744. The van der Waals surface area contributed by atoms with Crippen molar-refractivity contribution < 1.29 is 9.50 Å². The zero-order chi connectivity index (χ0) is 10.0. The first-order chi connectivity index (χ1) is 6.00. The van der Waals surface area contributed by atoms with Crippen molar-refractivity contribution in [3.05, 3.63) is 34.6 Å². The van der Waals surface area contributed by atoms with E-state index in [-0.39, 0.29) is 5.82 Å². The highest BCUT2D eigenvalue weighted by atomic mass is 19.1. The van der Waals surface area contributed by atoms with Gasteiger partial charge < -0.3 is 5.11 Å². The highest BCUT2D eigenvalue weighted by Gasteiger charge is 2.07. The van der Waals surface area contributed by atoms with Crippen LogP contribution < -0.4 is 0 Å². The standard InChI is InChI=1S/C11H15FO/c1-7-4-10(6-9(3)13)11(12)5-8(7)2/h4-5,9,13H,6H2,1-3H3. The fraction of sp³-hybridized carbons (Fsp3) is 0.455. The van der Waals surface area contributed by atoms with E-state index in [1.54, 1.807) is 13.0 Å². The molecule has 13 heavy (non-hydrogen) atoms. The van der Waals surface area contributed by atoms with Gasteiger partial charge in [0.25, 0.3) is 0 Å². The third-order valence-corrected chi connectivity index (χ3v) is 2.18. The van der Waals surface area contributed by atoms with Gasteiger partial charge in [-0.2, -0.15) is 0 Å². The molecular weight excluding hydrogens is 167 g/mol.